The molecule has 0 unspecified atom stereocenters. The Morgan fingerprint density at radius 1 is 1.41 bits per heavy atom. The lowest BCUT2D eigenvalue weighted by atomic mass is 10.0. The lowest BCUT2D eigenvalue weighted by Crippen LogP contribution is -2.25. The van der Waals surface area contributed by atoms with Crippen molar-refractivity contribution in [3.05, 3.63) is 24.0 Å². The maximum absolute atomic E-state index is 5.63. The Hall–Kier alpha value is -1.80. The van der Waals surface area contributed by atoms with Gasteiger partial charge < -0.3 is 4.74 Å². The van der Waals surface area contributed by atoms with Crippen LogP contribution in [0.2, 0.25) is 0 Å². The summed E-state index contributed by atoms with van der Waals surface area (Å²) < 4.78 is 7.62. The molecule has 2 aromatic rings. The molecule has 1 N–H and O–H groups in total. The lowest BCUT2D eigenvalue weighted by Gasteiger charge is -2.16. The van der Waals surface area contributed by atoms with Crippen molar-refractivity contribution < 1.29 is 4.74 Å². The summed E-state index contributed by atoms with van der Waals surface area (Å²) in [6, 6.07) is 0. The van der Waals surface area contributed by atoms with E-state index in [1.54, 1.807) is 19.6 Å². The van der Waals surface area contributed by atoms with Gasteiger partial charge in [0.05, 0.1) is 24.5 Å². The zero-order valence-corrected chi connectivity index (χ0v) is 13.3. The first-order chi connectivity index (χ1) is 10.7. The summed E-state index contributed by atoms with van der Waals surface area (Å²) in [6.45, 7) is 7.79. The third-order valence-electron chi connectivity index (χ3n) is 4.06. The number of nitrogens with zero attached hydrogens (tertiary/aromatic N) is 6. The molecule has 0 bridgehead atoms. The highest BCUT2D eigenvalue weighted by Gasteiger charge is 2.36. The quantitative estimate of drug-likeness (QED) is 0.844. The first-order valence-corrected chi connectivity index (χ1v) is 7.65. The molecule has 8 nitrogen and oxygen atoms in total. The fourth-order valence-corrected chi connectivity index (χ4v) is 3.00. The van der Waals surface area contributed by atoms with Crippen molar-refractivity contribution in [1.29, 1.82) is 0 Å². The summed E-state index contributed by atoms with van der Waals surface area (Å²) in [6.07, 6.45) is 3.55. The molecule has 2 atom stereocenters. The minimum Gasteiger partial charge on any atom is -0.379 e. The zero-order valence-electron chi connectivity index (χ0n) is 13.3. The average molecular weight is 305 g/mol. The second-order valence-corrected chi connectivity index (χ2v) is 6.22. The number of hydrogen-bond acceptors (Lipinski definition) is 6. The smallest absolute Gasteiger partial charge is 0.141 e. The molecule has 1 aliphatic heterocycles. The van der Waals surface area contributed by atoms with Crippen molar-refractivity contribution in [1.82, 2.24) is 35.1 Å². The number of nitrogens with one attached hydrogen (secondary N) is 1. The van der Waals surface area contributed by atoms with Crippen LogP contribution in [0.1, 0.15) is 31.3 Å². The molecule has 3 rings (SSSR count). The van der Waals surface area contributed by atoms with Crippen LogP contribution in [0.15, 0.2) is 12.5 Å². The lowest BCUT2D eigenvalue weighted by molar-refractivity contribution is 0.0953. The zero-order chi connectivity index (χ0) is 15.5. The van der Waals surface area contributed by atoms with Crippen molar-refractivity contribution in [2.45, 2.75) is 39.0 Å². The third-order valence-corrected chi connectivity index (χ3v) is 4.06. The van der Waals surface area contributed by atoms with Gasteiger partial charge in [-0.15, -0.1) is 0 Å². The predicted molar refractivity (Wildman–Crippen MR) is 80.1 cm³/mol. The van der Waals surface area contributed by atoms with Crippen molar-refractivity contribution >= 4 is 0 Å². The van der Waals surface area contributed by atoms with Crippen LogP contribution in [0.4, 0.5) is 0 Å². The first-order valence-electron chi connectivity index (χ1n) is 7.65. The van der Waals surface area contributed by atoms with Gasteiger partial charge >= 0.3 is 0 Å². The molecule has 1 fully saturated rings. The van der Waals surface area contributed by atoms with E-state index >= 15 is 0 Å². The van der Waals surface area contributed by atoms with Gasteiger partial charge in [-0.05, 0) is 5.92 Å². The van der Waals surface area contributed by atoms with E-state index in [9.17, 15) is 0 Å². The molecule has 0 aromatic carbocycles. The van der Waals surface area contributed by atoms with Crippen LogP contribution in [0.3, 0.4) is 0 Å². The van der Waals surface area contributed by atoms with E-state index in [4.69, 9.17) is 4.74 Å². The number of aromatic amines is 1. The number of likely N-dealkylation sites (tertiary alicyclic amines) is 1. The van der Waals surface area contributed by atoms with Crippen molar-refractivity contribution in [3.63, 3.8) is 0 Å². The fraction of sp³-hybridized carbons (Fsp3) is 0.714. The molecule has 22 heavy (non-hydrogen) atoms. The van der Waals surface area contributed by atoms with Gasteiger partial charge in [0.15, 0.2) is 0 Å². The standard InChI is InChI=1S/C14H23N7O/c1-10(2)5-21-14(15-9-17-21)8-20-6-11(13(7-20)22-3)12-4-16-19-18-12/h4,9-11,13H,5-8H2,1-3H3,(H,16,18,19)/t11-,13+/m0/s1. The van der Waals surface area contributed by atoms with Gasteiger partial charge in [-0.25, -0.2) is 9.67 Å². The number of aromatic nitrogens is 6. The second kappa shape index (κ2) is 6.53. The SMILES string of the molecule is CO[C@@H]1CN(Cc2ncnn2CC(C)C)C[C@H]1c1cn[nH]n1. The van der Waals surface area contributed by atoms with Crippen LogP contribution < -0.4 is 0 Å². The molecule has 1 saturated heterocycles. The Morgan fingerprint density at radius 2 is 2.27 bits per heavy atom. The molecule has 120 valence electrons. The summed E-state index contributed by atoms with van der Waals surface area (Å²) in [4.78, 5) is 6.75. The number of H-pyrrole nitrogens is 1. The van der Waals surface area contributed by atoms with Gasteiger partial charge in [0.25, 0.3) is 0 Å². The average Bonchev–Trinajstić information content (AvgIpc) is 3.19. The Kier molecular flexibility index (Phi) is 4.49. The topological polar surface area (TPSA) is 84.8 Å². The molecular formula is C14H23N7O. The molecule has 3 heterocycles. The monoisotopic (exact) mass is 305 g/mol. The van der Waals surface area contributed by atoms with E-state index in [0.717, 1.165) is 37.7 Å². The molecule has 0 amide bonds. The van der Waals surface area contributed by atoms with Gasteiger partial charge in [-0.2, -0.15) is 20.5 Å². The molecular weight excluding hydrogens is 282 g/mol. The molecule has 0 spiro atoms. The minimum atomic E-state index is 0.131. The highest BCUT2D eigenvalue weighted by molar-refractivity contribution is 5.09. The number of hydrogen-bond donors (Lipinski definition) is 1. The fourth-order valence-electron chi connectivity index (χ4n) is 3.00. The van der Waals surface area contributed by atoms with Crippen LogP contribution in [0.5, 0.6) is 0 Å². The first kappa shape index (κ1) is 15.1. The summed E-state index contributed by atoms with van der Waals surface area (Å²) in [5, 5.41) is 15.1. The van der Waals surface area contributed by atoms with Gasteiger partial charge in [0.2, 0.25) is 0 Å². The van der Waals surface area contributed by atoms with Crippen molar-refractivity contribution in [3.8, 4) is 0 Å². The van der Waals surface area contributed by atoms with Crippen molar-refractivity contribution in [2.75, 3.05) is 20.2 Å². The van der Waals surface area contributed by atoms with Gasteiger partial charge in [-0.3, -0.25) is 4.90 Å². The maximum atomic E-state index is 5.63. The highest BCUT2D eigenvalue weighted by Crippen LogP contribution is 2.28. The van der Waals surface area contributed by atoms with E-state index in [1.807, 2.05) is 4.68 Å². The Labute approximate surface area is 129 Å². The summed E-state index contributed by atoms with van der Waals surface area (Å²) in [5.74, 6) is 1.79. The number of methoxy groups -OCH3 is 1. The Balaban J connectivity index is 1.68. The van der Waals surface area contributed by atoms with Crippen LogP contribution in [0, 0.1) is 5.92 Å². The van der Waals surface area contributed by atoms with Gasteiger partial charge in [0, 0.05) is 32.7 Å². The molecule has 0 aliphatic carbocycles. The van der Waals surface area contributed by atoms with E-state index in [2.05, 4.69) is 44.2 Å². The summed E-state index contributed by atoms with van der Waals surface area (Å²) in [7, 11) is 1.75. The second-order valence-electron chi connectivity index (χ2n) is 6.22. The Morgan fingerprint density at radius 3 is 2.95 bits per heavy atom. The normalized spacial score (nSPS) is 22.7. The third kappa shape index (κ3) is 3.17. The molecule has 8 heteroatoms. The number of rotatable bonds is 6. The van der Waals surface area contributed by atoms with E-state index < -0.39 is 0 Å². The van der Waals surface area contributed by atoms with Crippen LogP contribution in [-0.4, -0.2) is 61.4 Å². The minimum absolute atomic E-state index is 0.131. The Bertz CT molecular complexity index is 580. The van der Waals surface area contributed by atoms with Crippen LogP contribution >= 0.6 is 0 Å². The highest BCUT2D eigenvalue weighted by atomic mass is 16.5. The van der Waals surface area contributed by atoms with Crippen LogP contribution in [-0.2, 0) is 17.8 Å². The molecule has 0 radical (unpaired) electrons. The van der Waals surface area contributed by atoms with Crippen molar-refractivity contribution in [2.24, 2.45) is 5.92 Å². The van der Waals surface area contributed by atoms with Gasteiger partial charge in [-0.1, -0.05) is 13.8 Å². The largest absolute Gasteiger partial charge is 0.379 e. The summed E-state index contributed by atoms with van der Waals surface area (Å²) in [5.41, 5.74) is 0.956. The van der Waals surface area contributed by atoms with E-state index in [0.29, 0.717) is 5.92 Å². The molecule has 2 aromatic heterocycles. The van der Waals surface area contributed by atoms with E-state index in [1.165, 1.54) is 0 Å². The number of ether oxygens (including phenoxy) is 1. The molecule has 1 aliphatic rings. The summed E-state index contributed by atoms with van der Waals surface area (Å²) >= 11 is 0. The molecule has 0 saturated carbocycles. The maximum Gasteiger partial charge on any atom is 0.141 e. The van der Waals surface area contributed by atoms with Crippen LogP contribution in [0.25, 0.3) is 0 Å². The van der Waals surface area contributed by atoms with E-state index in [-0.39, 0.29) is 12.0 Å². The predicted octanol–water partition coefficient (Wildman–Crippen LogP) is 0.667. The van der Waals surface area contributed by atoms with Gasteiger partial charge in [0.1, 0.15) is 12.2 Å².